The Labute approximate surface area is 250 Å². The number of hydrogen-bond acceptors (Lipinski definition) is 6. The molecule has 0 saturated carbocycles. The van der Waals surface area contributed by atoms with Gasteiger partial charge in [0.25, 0.3) is 5.91 Å². The van der Waals surface area contributed by atoms with Crippen LogP contribution in [0, 0.1) is 0 Å². The number of carbonyl (C=O) groups excluding carboxylic acids is 3. The van der Waals surface area contributed by atoms with Crippen LogP contribution >= 0.6 is 0 Å². The number of carbonyl (C=O) groups is 4. The number of hydrogen-bond donors (Lipinski definition) is 2. The maximum Gasteiger partial charge on any atom is 0.573 e. The molecule has 0 aliphatic rings. The van der Waals surface area contributed by atoms with Gasteiger partial charge in [0.2, 0.25) is 0 Å². The first-order chi connectivity index (χ1) is 21.0. The van der Waals surface area contributed by atoms with Gasteiger partial charge in [0.15, 0.2) is 11.6 Å². The van der Waals surface area contributed by atoms with Crippen LogP contribution in [0.2, 0.25) is 0 Å². The van der Waals surface area contributed by atoms with Gasteiger partial charge in [0.05, 0.1) is 12.3 Å². The van der Waals surface area contributed by atoms with Crippen LogP contribution in [0.5, 0.6) is 17.2 Å². The zero-order chi connectivity index (χ0) is 31.7. The first-order valence-electron chi connectivity index (χ1n) is 13.3. The van der Waals surface area contributed by atoms with Crippen LogP contribution in [0.4, 0.5) is 13.2 Å². The Kier molecular flexibility index (Phi) is 10.1. The minimum atomic E-state index is -4.90. The van der Waals surface area contributed by atoms with Crippen molar-refractivity contribution in [3.8, 4) is 17.2 Å². The van der Waals surface area contributed by atoms with Gasteiger partial charge in [0.1, 0.15) is 17.2 Å². The van der Waals surface area contributed by atoms with Crippen molar-refractivity contribution in [3.05, 3.63) is 125 Å². The molecule has 11 heteroatoms. The van der Waals surface area contributed by atoms with Gasteiger partial charge < -0.3 is 19.9 Å². The molecule has 0 aliphatic heterocycles. The lowest BCUT2D eigenvalue weighted by Crippen LogP contribution is -2.26. The first kappa shape index (κ1) is 31.5. The molecule has 2 N–H and O–H groups in total. The number of rotatable bonds is 13. The fraction of sp³-hybridized carbons (Fsp3) is 0.152. The molecule has 0 spiro atoms. The summed E-state index contributed by atoms with van der Waals surface area (Å²) in [5.41, 5.74) is 0.968. The number of ketones is 2. The molecule has 0 fully saturated rings. The molecule has 0 bridgehead atoms. The third-order valence-electron chi connectivity index (χ3n) is 6.43. The van der Waals surface area contributed by atoms with Crippen molar-refractivity contribution in [1.29, 1.82) is 0 Å². The number of ether oxygens (including phenoxy) is 2. The number of halogens is 3. The zero-order valence-corrected chi connectivity index (χ0v) is 23.0. The van der Waals surface area contributed by atoms with Crippen LogP contribution in [0.25, 0.3) is 0 Å². The maximum absolute atomic E-state index is 13.6. The van der Waals surface area contributed by atoms with Crippen molar-refractivity contribution in [2.24, 2.45) is 0 Å². The van der Waals surface area contributed by atoms with E-state index in [0.29, 0.717) is 22.6 Å². The van der Waals surface area contributed by atoms with E-state index in [-0.39, 0.29) is 36.3 Å². The molecule has 0 heterocycles. The highest BCUT2D eigenvalue weighted by Crippen LogP contribution is 2.30. The summed E-state index contributed by atoms with van der Waals surface area (Å²) in [5, 5.41) is 11.2. The molecule has 4 aromatic carbocycles. The van der Waals surface area contributed by atoms with Crippen molar-refractivity contribution in [2.45, 2.75) is 25.1 Å². The molecule has 0 aromatic heterocycles. The lowest BCUT2D eigenvalue weighted by Gasteiger charge is -2.17. The van der Waals surface area contributed by atoms with Gasteiger partial charge in [-0.1, -0.05) is 30.3 Å². The largest absolute Gasteiger partial charge is 0.573 e. The average Bonchev–Trinajstić information content (AvgIpc) is 3.00. The lowest BCUT2D eigenvalue weighted by atomic mass is 9.85. The Morgan fingerprint density at radius 3 is 1.84 bits per heavy atom. The molecule has 8 nitrogen and oxygen atoms in total. The third-order valence-corrected chi connectivity index (χ3v) is 6.43. The van der Waals surface area contributed by atoms with Gasteiger partial charge in [-0.15, -0.1) is 13.2 Å². The lowest BCUT2D eigenvalue weighted by molar-refractivity contribution is -0.274. The fourth-order valence-corrected chi connectivity index (χ4v) is 4.27. The second kappa shape index (κ2) is 14.1. The summed E-state index contributed by atoms with van der Waals surface area (Å²) >= 11 is 0. The molecule has 44 heavy (non-hydrogen) atoms. The molecule has 1 amide bonds. The summed E-state index contributed by atoms with van der Waals surface area (Å²) in [6, 6.07) is 25.7. The van der Waals surface area contributed by atoms with Crippen LogP contribution in [0.3, 0.4) is 0 Å². The monoisotopic (exact) mass is 605 g/mol. The smallest absolute Gasteiger partial charge is 0.481 e. The summed E-state index contributed by atoms with van der Waals surface area (Å²) in [5.74, 6) is -2.92. The molecule has 4 aromatic rings. The Morgan fingerprint density at radius 2 is 1.25 bits per heavy atom. The highest BCUT2D eigenvalue weighted by molar-refractivity contribution is 6.06. The normalized spacial score (nSPS) is 11.7. The molecule has 1 atom stereocenters. The molecule has 4 rings (SSSR count). The number of alkyl halides is 3. The molecule has 1 unspecified atom stereocenters. The summed E-state index contributed by atoms with van der Waals surface area (Å²) in [6.07, 6.45) is -5.43. The summed E-state index contributed by atoms with van der Waals surface area (Å²) in [7, 11) is 0. The van der Waals surface area contributed by atoms with E-state index in [0.717, 1.165) is 12.1 Å². The summed E-state index contributed by atoms with van der Waals surface area (Å²) < 4.78 is 47.4. The molecular formula is C33H26F3NO7. The minimum absolute atomic E-state index is 0.0550. The van der Waals surface area contributed by atoms with Gasteiger partial charge in [0, 0.05) is 29.7 Å². The maximum atomic E-state index is 13.6. The number of benzene rings is 4. The Balaban J connectivity index is 1.55. The van der Waals surface area contributed by atoms with Crippen LogP contribution in [-0.2, 0) is 4.79 Å². The number of aliphatic carboxylic acids is 1. The van der Waals surface area contributed by atoms with E-state index < -0.39 is 35.7 Å². The van der Waals surface area contributed by atoms with Crippen molar-refractivity contribution < 1.29 is 46.9 Å². The Morgan fingerprint density at radius 1 is 0.705 bits per heavy atom. The Bertz CT molecular complexity index is 1600. The molecular weight excluding hydrogens is 579 g/mol. The van der Waals surface area contributed by atoms with E-state index in [1.807, 2.05) is 18.2 Å². The van der Waals surface area contributed by atoms with Gasteiger partial charge in [-0.3, -0.25) is 19.2 Å². The van der Waals surface area contributed by atoms with Crippen molar-refractivity contribution in [1.82, 2.24) is 5.32 Å². The van der Waals surface area contributed by atoms with Gasteiger partial charge >= 0.3 is 12.3 Å². The van der Waals surface area contributed by atoms with Crippen LogP contribution in [0.1, 0.15) is 55.4 Å². The number of para-hydroxylation sites is 1. The van der Waals surface area contributed by atoms with Crippen molar-refractivity contribution in [2.75, 3.05) is 6.54 Å². The summed E-state index contributed by atoms with van der Waals surface area (Å²) in [4.78, 5) is 50.0. The second-order valence-corrected chi connectivity index (χ2v) is 9.58. The molecule has 0 aliphatic carbocycles. The minimum Gasteiger partial charge on any atom is -0.481 e. The highest BCUT2D eigenvalue weighted by Gasteiger charge is 2.31. The number of carboxylic acids is 1. The SMILES string of the molecule is O=C(O)CCNC(=O)c1ccc(C(CC(=O)c2ccc(Oc3ccccc3)cc2)C(=O)c2ccc(OC(F)(F)F)cc2)cc1. The number of carboxylic acid groups (broad SMARTS) is 1. The van der Waals surface area contributed by atoms with Gasteiger partial charge in [-0.25, -0.2) is 0 Å². The fourth-order valence-electron chi connectivity index (χ4n) is 4.27. The molecule has 226 valence electrons. The quantitative estimate of drug-likeness (QED) is 0.161. The standard InChI is InChI=1S/C33H26F3NO7/c34-33(35,36)44-27-16-12-23(13-17-27)31(41)28(21-6-8-24(9-7-21)32(42)37-19-18-30(39)40)20-29(38)22-10-14-26(15-11-22)43-25-4-2-1-3-5-25/h1-17,28H,18-20H2,(H,37,42)(H,39,40). The number of Topliss-reactive ketones (excluding diaryl/α,β-unsaturated/α-hetero) is 2. The Hall–Kier alpha value is -5.45. The predicted molar refractivity (Wildman–Crippen MR) is 153 cm³/mol. The van der Waals surface area contributed by atoms with Gasteiger partial charge in [-0.2, -0.15) is 0 Å². The van der Waals surface area contributed by atoms with Crippen molar-refractivity contribution in [3.63, 3.8) is 0 Å². The van der Waals surface area contributed by atoms with E-state index in [1.54, 1.807) is 36.4 Å². The number of amides is 1. The summed E-state index contributed by atoms with van der Waals surface area (Å²) in [6.45, 7) is -0.0746. The van der Waals surface area contributed by atoms with Crippen molar-refractivity contribution >= 4 is 23.4 Å². The van der Waals surface area contributed by atoms with E-state index in [2.05, 4.69) is 10.1 Å². The third kappa shape index (κ3) is 9.02. The van der Waals surface area contributed by atoms with Crippen LogP contribution in [-0.4, -0.2) is 41.5 Å². The average molecular weight is 606 g/mol. The van der Waals surface area contributed by atoms with E-state index in [9.17, 15) is 32.3 Å². The van der Waals surface area contributed by atoms with Crippen LogP contribution < -0.4 is 14.8 Å². The van der Waals surface area contributed by atoms with Crippen LogP contribution in [0.15, 0.2) is 103 Å². The van der Waals surface area contributed by atoms with E-state index >= 15 is 0 Å². The van der Waals surface area contributed by atoms with E-state index in [1.165, 1.54) is 36.4 Å². The number of nitrogens with one attached hydrogen (secondary N) is 1. The first-order valence-corrected chi connectivity index (χ1v) is 13.3. The molecule has 0 radical (unpaired) electrons. The zero-order valence-electron chi connectivity index (χ0n) is 23.0. The molecule has 0 saturated heterocycles. The topological polar surface area (TPSA) is 119 Å². The highest BCUT2D eigenvalue weighted by atomic mass is 19.4. The van der Waals surface area contributed by atoms with E-state index in [4.69, 9.17) is 9.84 Å². The predicted octanol–water partition coefficient (Wildman–Crippen LogP) is 6.82. The van der Waals surface area contributed by atoms with Gasteiger partial charge in [-0.05, 0) is 78.4 Å². The second-order valence-electron chi connectivity index (χ2n) is 9.58.